The third kappa shape index (κ3) is 4.50. The molecule has 6 nitrogen and oxygen atoms in total. The SMILES string of the molecule is O=C(CC1SC(=NN=Cc2ccccc2O)NC1=O)c1ccc(Cl)cc1. The van der Waals surface area contributed by atoms with Crippen LogP contribution in [0.15, 0.2) is 58.7 Å². The molecule has 0 spiro atoms. The van der Waals surface area contributed by atoms with Crippen LogP contribution in [0.4, 0.5) is 0 Å². The maximum absolute atomic E-state index is 12.3. The van der Waals surface area contributed by atoms with Crippen molar-refractivity contribution in [1.82, 2.24) is 5.32 Å². The Balaban J connectivity index is 1.62. The van der Waals surface area contributed by atoms with E-state index in [-0.39, 0.29) is 23.9 Å². The average Bonchev–Trinajstić information content (AvgIpc) is 2.96. The van der Waals surface area contributed by atoms with Crippen LogP contribution >= 0.6 is 23.4 Å². The number of benzene rings is 2. The number of nitrogens with one attached hydrogen (secondary N) is 1. The third-order valence-electron chi connectivity index (χ3n) is 3.60. The molecule has 0 aliphatic carbocycles. The van der Waals surface area contributed by atoms with Crippen molar-refractivity contribution in [3.63, 3.8) is 0 Å². The van der Waals surface area contributed by atoms with Crippen molar-refractivity contribution < 1.29 is 14.7 Å². The Morgan fingerprint density at radius 1 is 1.23 bits per heavy atom. The van der Waals surface area contributed by atoms with Crippen LogP contribution in [0, 0.1) is 0 Å². The summed E-state index contributed by atoms with van der Waals surface area (Å²) < 4.78 is 0. The first kappa shape index (κ1) is 18.2. The third-order valence-corrected chi connectivity index (χ3v) is 4.92. The highest BCUT2D eigenvalue weighted by molar-refractivity contribution is 8.15. The molecule has 132 valence electrons. The summed E-state index contributed by atoms with van der Waals surface area (Å²) in [6, 6.07) is 13.2. The van der Waals surface area contributed by atoms with E-state index in [4.69, 9.17) is 11.6 Å². The molecular formula is C18H14ClN3O3S. The number of carbonyl (C=O) groups excluding carboxylic acids is 2. The summed E-state index contributed by atoms with van der Waals surface area (Å²) in [4.78, 5) is 24.3. The van der Waals surface area contributed by atoms with Crippen molar-refractivity contribution in [1.29, 1.82) is 0 Å². The Bertz CT molecular complexity index is 897. The summed E-state index contributed by atoms with van der Waals surface area (Å²) >= 11 is 6.96. The number of ketones is 1. The van der Waals surface area contributed by atoms with Gasteiger partial charge in [-0.3, -0.25) is 9.59 Å². The van der Waals surface area contributed by atoms with Crippen LogP contribution in [0.5, 0.6) is 5.75 Å². The number of carbonyl (C=O) groups is 2. The van der Waals surface area contributed by atoms with Gasteiger partial charge in [0.15, 0.2) is 11.0 Å². The van der Waals surface area contributed by atoms with Gasteiger partial charge in [-0.25, -0.2) is 0 Å². The number of rotatable bonds is 5. The van der Waals surface area contributed by atoms with Gasteiger partial charge in [-0.1, -0.05) is 35.5 Å². The van der Waals surface area contributed by atoms with Crippen LogP contribution in [0.2, 0.25) is 5.02 Å². The first-order chi connectivity index (χ1) is 12.5. The van der Waals surface area contributed by atoms with Gasteiger partial charge in [0.1, 0.15) is 5.75 Å². The molecule has 0 bridgehead atoms. The zero-order valence-corrected chi connectivity index (χ0v) is 15.0. The number of Topliss-reactive ketones (excluding diaryl/α,β-unsaturated/α-hetero) is 1. The number of phenolic OH excluding ortho intramolecular Hbond substituents is 1. The van der Waals surface area contributed by atoms with Crippen molar-refractivity contribution in [3.05, 3.63) is 64.7 Å². The molecule has 1 heterocycles. The van der Waals surface area contributed by atoms with E-state index in [1.807, 2.05) is 0 Å². The predicted molar refractivity (Wildman–Crippen MR) is 103 cm³/mol. The second kappa shape index (κ2) is 8.16. The van der Waals surface area contributed by atoms with Gasteiger partial charge in [-0.2, -0.15) is 5.10 Å². The lowest BCUT2D eigenvalue weighted by molar-refractivity contribution is -0.118. The summed E-state index contributed by atoms with van der Waals surface area (Å²) in [5, 5.41) is 20.3. The number of para-hydroxylation sites is 1. The van der Waals surface area contributed by atoms with Crippen LogP contribution in [-0.4, -0.2) is 33.4 Å². The number of hydrogen-bond acceptors (Lipinski definition) is 6. The molecule has 2 N–H and O–H groups in total. The van der Waals surface area contributed by atoms with E-state index in [0.717, 1.165) is 11.8 Å². The lowest BCUT2D eigenvalue weighted by atomic mass is 10.1. The van der Waals surface area contributed by atoms with Crippen molar-refractivity contribution in [3.8, 4) is 5.75 Å². The zero-order valence-electron chi connectivity index (χ0n) is 13.4. The topological polar surface area (TPSA) is 91.1 Å². The number of nitrogens with zero attached hydrogens (tertiary/aromatic N) is 2. The van der Waals surface area contributed by atoms with Gasteiger partial charge >= 0.3 is 0 Å². The number of halogens is 1. The molecule has 1 aliphatic rings. The molecule has 1 fully saturated rings. The molecule has 1 saturated heterocycles. The number of aromatic hydroxyl groups is 1. The first-order valence-electron chi connectivity index (χ1n) is 7.68. The molecule has 0 aromatic heterocycles. The lowest BCUT2D eigenvalue weighted by Crippen LogP contribution is -2.26. The summed E-state index contributed by atoms with van der Waals surface area (Å²) in [5.74, 6) is -0.340. The molecule has 1 atom stereocenters. The molecule has 1 unspecified atom stereocenters. The quantitative estimate of drug-likeness (QED) is 0.468. The van der Waals surface area contributed by atoms with E-state index >= 15 is 0 Å². The van der Waals surface area contributed by atoms with E-state index in [0.29, 0.717) is 21.3 Å². The number of thioether (sulfide) groups is 1. The van der Waals surface area contributed by atoms with Gasteiger partial charge in [-0.15, -0.1) is 5.10 Å². The highest BCUT2D eigenvalue weighted by Crippen LogP contribution is 2.24. The highest BCUT2D eigenvalue weighted by atomic mass is 35.5. The fourth-order valence-corrected chi connectivity index (χ4v) is 3.30. The summed E-state index contributed by atoms with van der Waals surface area (Å²) in [6.07, 6.45) is 1.45. The van der Waals surface area contributed by atoms with Gasteiger partial charge in [-0.05, 0) is 36.4 Å². The van der Waals surface area contributed by atoms with Gasteiger partial charge in [0.05, 0.1) is 11.5 Å². The van der Waals surface area contributed by atoms with Gasteiger partial charge in [0.25, 0.3) is 0 Å². The molecule has 2 aromatic rings. The van der Waals surface area contributed by atoms with Crippen molar-refractivity contribution in [2.45, 2.75) is 11.7 Å². The van der Waals surface area contributed by atoms with E-state index in [1.54, 1.807) is 48.5 Å². The van der Waals surface area contributed by atoms with E-state index in [2.05, 4.69) is 15.5 Å². The van der Waals surface area contributed by atoms with Crippen LogP contribution in [-0.2, 0) is 4.79 Å². The number of amides is 1. The molecule has 3 rings (SSSR count). The Morgan fingerprint density at radius 2 is 1.96 bits per heavy atom. The maximum Gasteiger partial charge on any atom is 0.240 e. The van der Waals surface area contributed by atoms with Crippen molar-refractivity contribution in [2.75, 3.05) is 0 Å². The zero-order chi connectivity index (χ0) is 18.5. The second-order valence-electron chi connectivity index (χ2n) is 5.44. The predicted octanol–water partition coefficient (Wildman–Crippen LogP) is 3.24. The fourth-order valence-electron chi connectivity index (χ4n) is 2.25. The minimum Gasteiger partial charge on any atom is -0.507 e. The molecule has 1 aliphatic heterocycles. The molecular weight excluding hydrogens is 374 g/mol. The van der Waals surface area contributed by atoms with Crippen molar-refractivity contribution >= 4 is 46.4 Å². The standard InChI is InChI=1S/C18H14ClN3O3S/c19-13-7-5-11(6-8-13)15(24)9-16-17(25)21-18(26-16)22-20-10-12-3-1-2-4-14(12)23/h1-8,10,16,23H,9H2,(H,21,22,25). The lowest BCUT2D eigenvalue weighted by Gasteiger charge is -2.04. The largest absolute Gasteiger partial charge is 0.507 e. The number of phenols is 1. The number of hydrogen-bond donors (Lipinski definition) is 2. The molecule has 0 saturated carbocycles. The first-order valence-corrected chi connectivity index (χ1v) is 8.94. The Morgan fingerprint density at radius 3 is 2.69 bits per heavy atom. The molecule has 0 radical (unpaired) electrons. The van der Waals surface area contributed by atoms with E-state index in [9.17, 15) is 14.7 Å². The number of amidine groups is 1. The van der Waals surface area contributed by atoms with Crippen LogP contribution in [0.1, 0.15) is 22.3 Å². The summed E-state index contributed by atoms with van der Waals surface area (Å²) in [6.45, 7) is 0. The minimum atomic E-state index is -0.558. The Labute approximate surface area is 159 Å². The second-order valence-corrected chi connectivity index (χ2v) is 7.07. The minimum absolute atomic E-state index is 0.0559. The monoisotopic (exact) mass is 387 g/mol. The van der Waals surface area contributed by atoms with E-state index in [1.165, 1.54) is 6.21 Å². The average molecular weight is 388 g/mol. The van der Waals surface area contributed by atoms with Gasteiger partial charge in [0.2, 0.25) is 5.91 Å². The van der Waals surface area contributed by atoms with Crippen molar-refractivity contribution in [2.24, 2.45) is 10.2 Å². The summed E-state index contributed by atoms with van der Waals surface area (Å²) in [5.41, 5.74) is 1.02. The summed E-state index contributed by atoms with van der Waals surface area (Å²) in [7, 11) is 0. The van der Waals surface area contributed by atoms with Crippen LogP contribution < -0.4 is 5.32 Å². The van der Waals surface area contributed by atoms with Crippen LogP contribution in [0.3, 0.4) is 0 Å². The fraction of sp³-hybridized carbons (Fsp3) is 0.111. The highest BCUT2D eigenvalue weighted by Gasteiger charge is 2.32. The smallest absolute Gasteiger partial charge is 0.240 e. The van der Waals surface area contributed by atoms with E-state index < -0.39 is 5.25 Å². The molecule has 2 aromatic carbocycles. The molecule has 8 heteroatoms. The van der Waals surface area contributed by atoms with Gasteiger partial charge in [0, 0.05) is 22.6 Å². The molecule has 1 amide bonds. The molecule has 26 heavy (non-hydrogen) atoms. The Hall–Kier alpha value is -2.64. The van der Waals surface area contributed by atoms with Gasteiger partial charge < -0.3 is 10.4 Å². The van der Waals surface area contributed by atoms with Crippen LogP contribution in [0.25, 0.3) is 0 Å². The maximum atomic E-state index is 12.3. The Kier molecular flexibility index (Phi) is 5.70. The normalized spacial score (nSPS) is 18.4.